The number of hydrogen-bond donors (Lipinski definition) is 1. The van der Waals surface area contributed by atoms with Gasteiger partial charge in [0.1, 0.15) is 5.82 Å². The Labute approximate surface area is 150 Å². The van der Waals surface area contributed by atoms with E-state index in [9.17, 15) is 9.59 Å². The molecule has 26 heavy (non-hydrogen) atoms. The first-order chi connectivity index (χ1) is 12.6. The Morgan fingerprint density at radius 3 is 2.65 bits per heavy atom. The lowest BCUT2D eigenvalue weighted by Gasteiger charge is -2.33. The number of aromatic nitrogens is 2. The van der Waals surface area contributed by atoms with E-state index in [0.29, 0.717) is 17.8 Å². The summed E-state index contributed by atoms with van der Waals surface area (Å²) in [4.78, 5) is 25.2. The average molecular weight is 347 g/mol. The molecule has 1 aromatic heterocycles. The lowest BCUT2D eigenvalue weighted by molar-refractivity contribution is -0.134. The third-order valence-electron chi connectivity index (χ3n) is 4.45. The number of carbonyl (C=O) groups is 2. The van der Waals surface area contributed by atoms with Crippen LogP contribution in [0.3, 0.4) is 0 Å². The topological polar surface area (TPSA) is 73.2 Å². The van der Waals surface area contributed by atoms with Gasteiger partial charge in [0.15, 0.2) is 5.60 Å². The maximum Gasteiger partial charge on any atom is 0.339 e. The Hall–Kier alpha value is -3.41. The molecular formula is C20H17N3O3. The largest absolute Gasteiger partial charge is 0.445 e. The summed E-state index contributed by atoms with van der Waals surface area (Å²) in [6.07, 6.45) is 1.92. The van der Waals surface area contributed by atoms with E-state index in [1.165, 1.54) is 0 Å². The summed E-state index contributed by atoms with van der Waals surface area (Å²) in [5.41, 5.74) is 0.853. The molecule has 4 rings (SSSR count). The van der Waals surface area contributed by atoms with Crippen LogP contribution in [0.2, 0.25) is 0 Å². The fourth-order valence-electron chi connectivity index (χ4n) is 3.08. The van der Waals surface area contributed by atoms with Gasteiger partial charge < -0.3 is 10.1 Å². The van der Waals surface area contributed by atoms with Crippen molar-refractivity contribution in [3.8, 4) is 5.69 Å². The predicted octanol–water partition coefficient (Wildman–Crippen LogP) is 2.98. The van der Waals surface area contributed by atoms with Crippen molar-refractivity contribution in [2.24, 2.45) is 0 Å². The van der Waals surface area contributed by atoms with E-state index in [2.05, 4.69) is 10.4 Å². The van der Waals surface area contributed by atoms with Crippen LogP contribution in [-0.4, -0.2) is 27.3 Å². The molecule has 2 heterocycles. The zero-order chi connectivity index (χ0) is 18.1. The van der Waals surface area contributed by atoms with E-state index in [-0.39, 0.29) is 0 Å². The number of amides is 1. The van der Waals surface area contributed by atoms with Crippen molar-refractivity contribution in [2.45, 2.75) is 18.9 Å². The number of cyclic esters (lactones) is 1. The molecule has 1 atom stereocenters. The van der Waals surface area contributed by atoms with Gasteiger partial charge in [0.2, 0.25) is 0 Å². The molecule has 0 radical (unpaired) electrons. The first-order valence-corrected chi connectivity index (χ1v) is 8.29. The predicted molar refractivity (Wildman–Crippen MR) is 96.2 cm³/mol. The number of carbonyl (C=O) groups excluding carboxylic acids is 2. The Kier molecular flexibility index (Phi) is 3.80. The summed E-state index contributed by atoms with van der Waals surface area (Å²) >= 11 is 0. The molecule has 0 fully saturated rings. The minimum Gasteiger partial charge on any atom is -0.445 e. The zero-order valence-electron chi connectivity index (χ0n) is 14.2. The van der Waals surface area contributed by atoms with Crippen LogP contribution in [0.15, 0.2) is 66.9 Å². The van der Waals surface area contributed by atoms with E-state index >= 15 is 0 Å². The maximum atomic E-state index is 12.9. The summed E-state index contributed by atoms with van der Waals surface area (Å²) in [5.74, 6) is -0.364. The summed E-state index contributed by atoms with van der Waals surface area (Å²) in [6, 6.07) is 18.4. The highest BCUT2D eigenvalue weighted by Gasteiger charge is 2.42. The number of anilines is 1. The van der Waals surface area contributed by atoms with Gasteiger partial charge in [-0.2, -0.15) is 5.10 Å². The van der Waals surface area contributed by atoms with E-state index in [0.717, 1.165) is 11.3 Å². The second kappa shape index (κ2) is 6.15. The molecule has 1 amide bonds. The highest BCUT2D eigenvalue weighted by molar-refractivity contribution is 6.02. The van der Waals surface area contributed by atoms with Crippen LogP contribution >= 0.6 is 0 Å². The van der Waals surface area contributed by atoms with Crippen molar-refractivity contribution in [3.63, 3.8) is 0 Å². The fourth-order valence-corrected chi connectivity index (χ4v) is 3.08. The molecule has 6 nitrogen and oxygen atoms in total. The van der Waals surface area contributed by atoms with E-state index < -0.39 is 17.5 Å². The molecule has 0 spiro atoms. The Morgan fingerprint density at radius 2 is 1.85 bits per heavy atom. The number of ether oxygens (including phenoxy) is 1. The molecule has 1 aliphatic heterocycles. The summed E-state index contributed by atoms with van der Waals surface area (Å²) in [6.45, 7) is 1.62. The van der Waals surface area contributed by atoms with Crippen molar-refractivity contribution >= 4 is 17.7 Å². The maximum absolute atomic E-state index is 12.9. The van der Waals surface area contributed by atoms with Gasteiger partial charge in [-0.15, -0.1) is 0 Å². The number of esters is 1. The lowest BCUT2D eigenvalue weighted by Crippen LogP contribution is -2.49. The van der Waals surface area contributed by atoms with Crippen LogP contribution in [0.4, 0.5) is 5.82 Å². The highest BCUT2D eigenvalue weighted by atomic mass is 16.6. The molecule has 0 saturated heterocycles. The van der Waals surface area contributed by atoms with Gasteiger partial charge in [0.05, 0.1) is 17.4 Å². The number of fused-ring (bicyclic) bond motifs is 1. The van der Waals surface area contributed by atoms with Crippen LogP contribution in [0, 0.1) is 0 Å². The van der Waals surface area contributed by atoms with Crippen molar-refractivity contribution < 1.29 is 14.3 Å². The third-order valence-corrected chi connectivity index (χ3v) is 4.45. The molecule has 2 aromatic carbocycles. The van der Waals surface area contributed by atoms with Gasteiger partial charge in [-0.3, -0.25) is 4.79 Å². The number of para-hydroxylation sites is 1. The minimum atomic E-state index is -1.28. The van der Waals surface area contributed by atoms with Gasteiger partial charge >= 0.3 is 5.97 Å². The van der Waals surface area contributed by atoms with E-state index in [1.54, 1.807) is 36.0 Å². The van der Waals surface area contributed by atoms with Crippen LogP contribution in [0.5, 0.6) is 0 Å². The normalized spacial score (nSPS) is 18.7. The molecule has 0 saturated carbocycles. The number of rotatable bonds is 3. The minimum absolute atomic E-state index is 0.320. The van der Waals surface area contributed by atoms with E-state index in [1.807, 2.05) is 42.5 Å². The van der Waals surface area contributed by atoms with Crippen molar-refractivity contribution in [1.82, 2.24) is 9.78 Å². The summed E-state index contributed by atoms with van der Waals surface area (Å²) in [7, 11) is 0. The fraction of sp³-hybridized carbons (Fsp3) is 0.150. The highest BCUT2D eigenvalue weighted by Crippen LogP contribution is 2.29. The molecule has 0 aliphatic carbocycles. The SMILES string of the molecule is CC1(C(=O)Nc2ccnn2-c2ccccc2)Cc2ccccc2C(=O)O1. The van der Waals surface area contributed by atoms with Crippen LogP contribution in [0.25, 0.3) is 5.69 Å². The van der Waals surface area contributed by atoms with Crippen LogP contribution in [-0.2, 0) is 16.0 Å². The van der Waals surface area contributed by atoms with Gasteiger partial charge in [0.25, 0.3) is 5.91 Å². The molecule has 130 valence electrons. The molecular weight excluding hydrogens is 330 g/mol. The monoisotopic (exact) mass is 347 g/mol. The quantitative estimate of drug-likeness (QED) is 0.739. The van der Waals surface area contributed by atoms with Crippen molar-refractivity contribution in [3.05, 3.63) is 78.0 Å². The summed E-state index contributed by atoms with van der Waals surface area (Å²) in [5, 5.41) is 7.09. The Bertz CT molecular complexity index is 981. The van der Waals surface area contributed by atoms with Gasteiger partial charge in [-0.1, -0.05) is 36.4 Å². The van der Waals surface area contributed by atoms with E-state index in [4.69, 9.17) is 4.74 Å². The second-order valence-corrected chi connectivity index (χ2v) is 6.37. The number of benzene rings is 2. The first kappa shape index (κ1) is 16.1. The average Bonchev–Trinajstić information content (AvgIpc) is 3.10. The molecule has 1 N–H and O–H groups in total. The standard InChI is InChI=1S/C20H17N3O3/c1-20(13-14-7-5-6-10-16(14)18(24)26-20)19(25)22-17-11-12-21-23(17)15-8-3-2-4-9-15/h2-12H,13H2,1H3,(H,22,25). The summed E-state index contributed by atoms with van der Waals surface area (Å²) < 4.78 is 7.10. The smallest absolute Gasteiger partial charge is 0.339 e. The Balaban J connectivity index is 1.60. The molecule has 1 unspecified atom stereocenters. The number of nitrogens with one attached hydrogen (secondary N) is 1. The lowest BCUT2D eigenvalue weighted by atomic mass is 9.89. The number of nitrogens with zero attached hydrogens (tertiary/aromatic N) is 2. The Morgan fingerprint density at radius 1 is 1.12 bits per heavy atom. The first-order valence-electron chi connectivity index (χ1n) is 8.29. The number of hydrogen-bond acceptors (Lipinski definition) is 4. The van der Waals surface area contributed by atoms with Crippen molar-refractivity contribution in [1.29, 1.82) is 0 Å². The third kappa shape index (κ3) is 2.75. The van der Waals surface area contributed by atoms with Crippen LogP contribution in [0.1, 0.15) is 22.8 Å². The van der Waals surface area contributed by atoms with Gasteiger partial charge in [-0.25, -0.2) is 9.48 Å². The molecule has 6 heteroatoms. The molecule has 1 aliphatic rings. The molecule has 0 bridgehead atoms. The zero-order valence-corrected chi connectivity index (χ0v) is 14.2. The van der Waals surface area contributed by atoms with Gasteiger partial charge in [0, 0.05) is 12.5 Å². The molecule has 3 aromatic rings. The van der Waals surface area contributed by atoms with Crippen molar-refractivity contribution in [2.75, 3.05) is 5.32 Å². The van der Waals surface area contributed by atoms with Gasteiger partial charge in [-0.05, 0) is 30.7 Å². The second-order valence-electron chi connectivity index (χ2n) is 6.37. The van der Waals surface area contributed by atoms with Crippen LogP contribution < -0.4 is 5.32 Å².